The maximum Gasteiger partial charge on any atom is 0.306 e. The van der Waals surface area contributed by atoms with E-state index in [2.05, 4.69) is 20.9 Å². The van der Waals surface area contributed by atoms with E-state index in [9.17, 15) is 29.1 Å². The number of likely N-dealkylation sites (tertiary alicyclic amines) is 1. The molecule has 7 atom stereocenters. The summed E-state index contributed by atoms with van der Waals surface area (Å²) >= 11 is 1.17. The molecule has 0 radical (unpaired) electrons. The van der Waals surface area contributed by atoms with Gasteiger partial charge in [0.25, 0.3) is 5.91 Å². The van der Waals surface area contributed by atoms with Crippen LogP contribution in [-0.4, -0.2) is 82.4 Å². The van der Waals surface area contributed by atoms with E-state index in [4.69, 9.17) is 4.74 Å². The number of hydrogen-bond acceptors (Lipinski definition) is 9. The smallest absolute Gasteiger partial charge is 0.306 e. The Labute approximate surface area is 300 Å². The summed E-state index contributed by atoms with van der Waals surface area (Å²) in [5.41, 5.74) is 1.09. The van der Waals surface area contributed by atoms with E-state index in [1.54, 1.807) is 12.3 Å². The zero-order chi connectivity index (χ0) is 37.0. The van der Waals surface area contributed by atoms with Gasteiger partial charge in [-0.25, -0.2) is 4.98 Å². The van der Waals surface area contributed by atoms with Gasteiger partial charge in [0.05, 0.1) is 12.0 Å². The third-order valence-electron chi connectivity index (χ3n) is 9.52. The molecule has 0 spiro atoms. The SMILES string of the molecule is CCC(C)C(NC(=O)[C@H]1CCCCN1C)C(=O)NC(CC(OC(C)=O)c1nc(C(=O)NC(Cc2ccccc2)CC(C)C(=O)O)cs1)C(C)C. The summed E-state index contributed by atoms with van der Waals surface area (Å²) in [5, 5.41) is 20.6. The molecule has 0 bridgehead atoms. The molecule has 2 heterocycles. The topological polar surface area (TPSA) is 167 Å². The number of carbonyl (C=O) groups is 5. The summed E-state index contributed by atoms with van der Waals surface area (Å²) in [6.07, 6.45) is 3.49. The van der Waals surface area contributed by atoms with Gasteiger partial charge in [-0.3, -0.25) is 28.9 Å². The number of rotatable bonds is 18. The predicted molar refractivity (Wildman–Crippen MR) is 192 cm³/mol. The zero-order valence-electron chi connectivity index (χ0n) is 30.4. The lowest BCUT2D eigenvalue weighted by Gasteiger charge is -2.34. The van der Waals surface area contributed by atoms with E-state index in [1.807, 2.05) is 70.0 Å². The first kappa shape index (κ1) is 40.6. The lowest BCUT2D eigenvalue weighted by Crippen LogP contribution is -2.57. The van der Waals surface area contributed by atoms with E-state index < -0.39 is 48.0 Å². The monoisotopic (exact) mass is 713 g/mol. The van der Waals surface area contributed by atoms with Crippen LogP contribution in [0.5, 0.6) is 0 Å². The van der Waals surface area contributed by atoms with Crippen LogP contribution in [0.15, 0.2) is 35.7 Å². The highest BCUT2D eigenvalue weighted by molar-refractivity contribution is 7.09. The standard InChI is InChI=1S/C37H55N5O7S/c1-8-23(4)32(41-34(45)30-16-12-13-17-42(30)7)35(46)39-28(22(2)3)20-31(49-25(6)43)36-40-29(21-50-36)33(44)38-27(18-24(5)37(47)48)19-26-14-10-9-11-15-26/h9-11,14-15,21-24,27-28,30-32H,8,12-13,16-20H2,1-7H3,(H,38,44)(H,39,46)(H,41,45)(H,47,48)/t23?,24?,27?,28?,30-,31?,32?/m1/s1. The first-order chi connectivity index (χ1) is 23.7. The second-order valence-electron chi connectivity index (χ2n) is 14.0. The molecule has 12 nitrogen and oxygen atoms in total. The molecular formula is C37H55N5O7S. The molecule has 6 unspecified atom stereocenters. The Bertz CT molecular complexity index is 1430. The van der Waals surface area contributed by atoms with Crippen LogP contribution in [0.25, 0.3) is 0 Å². The van der Waals surface area contributed by atoms with Crippen LogP contribution in [0.3, 0.4) is 0 Å². The number of benzene rings is 1. The number of hydrogen-bond donors (Lipinski definition) is 4. The average molecular weight is 714 g/mol. The molecule has 50 heavy (non-hydrogen) atoms. The fraction of sp³-hybridized carbons (Fsp3) is 0.622. The van der Waals surface area contributed by atoms with Crippen molar-refractivity contribution in [2.75, 3.05) is 13.6 Å². The van der Waals surface area contributed by atoms with E-state index in [1.165, 1.54) is 18.3 Å². The second kappa shape index (κ2) is 19.5. The molecule has 1 saturated heterocycles. The van der Waals surface area contributed by atoms with Gasteiger partial charge >= 0.3 is 11.9 Å². The summed E-state index contributed by atoms with van der Waals surface area (Å²) in [6.45, 7) is 11.6. The number of nitrogens with one attached hydrogen (secondary N) is 3. The highest BCUT2D eigenvalue weighted by Crippen LogP contribution is 2.29. The molecular weight excluding hydrogens is 659 g/mol. The van der Waals surface area contributed by atoms with Crippen molar-refractivity contribution < 1.29 is 33.8 Å². The van der Waals surface area contributed by atoms with Gasteiger partial charge in [-0.2, -0.15) is 0 Å². The zero-order valence-corrected chi connectivity index (χ0v) is 31.3. The number of carbonyl (C=O) groups excluding carboxylic acids is 4. The van der Waals surface area contributed by atoms with Gasteiger partial charge in [0.15, 0.2) is 6.10 Å². The van der Waals surface area contributed by atoms with E-state index in [-0.39, 0.29) is 48.2 Å². The lowest BCUT2D eigenvalue weighted by atomic mass is 9.94. The van der Waals surface area contributed by atoms with Gasteiger partial charge in [0, 0.05) is 30.8 Å². The Kier molecular flexibility index (Phi) is 15.8. The second-order valence-corrected chi connectivity index (χ2v) is 14.9. The van der Waals surface area contributed by atoms with Crippen molar-refractivity contribution in [1.29, 1.82) is 0 Å². The average Bonchev–Trinajstić information content (AvgIpc) is 3.57. The maximum atomic E-state index is 13.8. The molecule has 1 aromatic carbocycles. The van der Waals surface area contributed by atoms with Crippen LogP contribution in [-0.2, 0) is 30.3 Å². The van der Waals surface area contributed by atoms with Crippen molar-refractivity contribution in [3.8, 4) is 0 Å². The Morgan fingerprint density at radius 1 is 1.02 bits per heavy atom. The number of carboxylic acids is 1. The van der Waals surface area contributed by atoms with Crippen LogP contribution in [0, 0.1) is 17.8 Å². The van der Waals surface area contributed by atoms with Crippen molar-refractivity contribution in [1.82, 2.24) is 25.8 Å². The number of carboxylic acid groups (broad SMARTS) is 1. The quantitative estimate of drug-likeness (QED) is 0.160. The van der Waals surface area contributed by atoms with Crippen LogP contribution in [0.2, 0.25) is 0 Å². The third kappa shape index (κ3) is 12.2. The number of nitrogens with zero attached hydrogens (tertiary/aromatic N) is 2. The summed E-state index contributed by atoms with van der Waals surface area (Å²) in [4.78, 5) is 70.9. The number of thiazole rings is 1. The number of piperidine rings is 1. The molecule has 2 aromatic rings. The first-order valence-corrected chi connectivity index (χ1v) is 18.6. The van der Waals surface area contributed by atoms with Crippen molar-refractivity contribution in [2.24, 2.45) is 17.8 Å². The first-order valence-electron chi connectivity index (χ1n) is 17.7. The van der Waals surface area contributed by atoms with Crippen molar-refractivity contribution in [3.05, 3.63) is 52.0 Å². The Morgan fingerprint density at radius 2 is 1.72 bits per heavy atom. The Morgan fingerprint density at radius 3 is 2.32 bits per heavy atom. The minimum atomic E-state index is -0.945. The fourth-order valence-corrected chi connectivity index (χ4v) is 7.02. The third-order valence-corrected chi connectivity index (χ3v) is 10.5. The van der Waals surface area contributed by atoms with Gasteiger partial charge in [-0.05, 0) is 56.7 Å². The van der Waals surface area contributed by atoms with Crippen LogP contribution in [0.1, 0.15) is 107 Å². The van der Waals surface area contributed by atoms with Gasteiger partial charge in [-0.1, -0.05) is 77.8 Å². The summed E-state index contributed by atoms with van der Waals surface area (Å²) in [5.74, 6) is -3.24. The van der Waals surface area contributed by atoms with Gasteiger partial charge in [0.2, 0.25) is 11.8 Å². The van der Waals surface area contributed by atoms with Crippen LogP contribution >= 0.6 is 11.3 Å². The number of ether oxygens (including phenoxy) is 1. The van der Waals surface area contributed by atoms with E-state index in [0.29, 0.717) is 17.8 Å². The van der Waals surface area contributed by atoms with Crippen molar-refractivity contribution in [2.45, 2.75) is 117 Å². The number of amides is 3. The van der Waals surface area contributed by atoms with Crippen LogP contribution in [0.4, 0.5) is 0 Å². The molecule has 3 rings (SSSR count). The van der Waals surface area contributed by atoms with E-state index >= 15 is 0 Å². The number of aliphatic carboxylic acids is 1. The molecule has 1 aliphatic heterocycles. The Balaban J connectivity index is 1.76. The minimum absolute atomic E-state index is 0.0625. The van der Waals surface area contributed by atoms with Crippen LogP contribution < -0.4 is 16.0 Å². The molecule has 1 aromatic heterocycles. The van der Waals surface area contributed by atoms with Crippen molar-refractivity contribution in [3.63, 3.8) is 0 Å². The summed E-state index contributed by atoms with van der Waals surface area (Å²) in [7, 11) is 1.93. The molecule has 0 saturated carbocycles. The highest BCUT2D eigenvalue weighted by Gasteiger charge is 2.34. The van der Waals surface area contributed by atoms with Crippen molar-refractivity contribution >= 4 is 41.0 Å². The predicted octanol–water partition coefficient (Wildman–Crippen LogP) is 4.75. The molecule has 1 aliphatic rings. The fourth-order valence-electron chi connectivity index (χ4n) is 6.18. The maximum absolute atomic E-state index is 13.8. The van der Waals surface area contributed by atoms with Gasteiger partial charge in [0.1, 0.15) is 16.7 Å². The molecule has 3 amide bonds. The molecule has 0 aliphatic carbocycles. The normalized spacial score (nSPS) is 18.6. The van der Waals surface area contributed by atoms with E-state index in [0.717, 1.165) is 31.4 Å². The summed E-state index contributed by atoms with van der Waals surface area (Å²) in [6, 6.07) is 7.61. The lowest BCUT2D eigenvalue weighted by molar-refractivity contribution is -0.147. The number of aromatic nitrogens is 1. The molecule has 276 valence electrons. The number of esters is 1. The minimum Gasteiger partial charge on any atom is -0.481 e. The Hall–Kier alpha value is -3.84. The molecule has 1 fully saturated rings. The van der Waals surface area contributed by atoms with Gasteiger partial charge in [-0.15, -0.1) is 11.3 Å². The molecule has 13 heteroatoms. The summed E-state index contributed by atoms with van der Waals surface area (Å²) < 4.78 is 5.70. The molecule has 4 N–H and O–H groups in total. The highest BCUT2D eigenvalue weighted by atomic mass is 32.1. The number of likely N-dealkylation sites (N-methyl/N-ethyl adjacent to an activating group) is 1. The van der Waals surface area contributed by atoms with Gasteiger partial charge < -0.3 is 25.8 Å². The largest absolute Gasteiger partial charge is 0.481 e.